The van der Waals surface area contributed by atoms with E-state index in [0.29, 0.717) is 18.1 Å². The number of benzene rings is 1. The van der Waals surface area contributed by atoms with Crippen LogP contribution < -0.4 is 19.9 Å². The lowest BCUT2D eigenvalue weighted by Gasteiger charge is -2.30. The number of para-hydroxylation sites is 1. The first-order valence-corrected chi connectivity index (χ1v) is 7.70. The van der Waals surface area contributed by atoms with E-state index in [9.17, 15) is 0 Å². The third kappa shape index (κ3) is 4.53. The summed E-state index contributed by atoms with van der Waals surface area (Å²) in [5, 5.41) is 0. The molecule has 2 N–H and O–H groups in total. The van der Waals surface area contributed by atoms with Gasteiger partial charge in [-0.3, -0.25) is 0 Å². The zero-order valence-corrected chi connectivity index (χ0v) is 13.8. The third-order valence-electron chi connectivity index (χ3n) is 4.41. The molecule has 0 aromatic heterocycles. The van der Waals surface area contributed by atoms with Gasteiger partial charge in [-0.1, -0.05) is 19.9 Å². The van der Waals surface area contributed by atoms with Crippen molar-refractivity contribution in [2.45, 2.75) is 39.5 Å². The van der Waals surface area contributed by atoms with Crippen molar-refractivity contribution in [2.24, 2.45) is 11.1 Å². The number of ether oxygens (including phenoxy) is 3. The van der Waals surface area contributed by atoms with Crippen molar-refractivity contribution in [3.8, 4) is 17.2 Å². The Morgan fingerprint density at radius 1 is 1.05 bits per heavy atom. The highest BCUT2D eigenvalue weighted by molar-refractivity contribution is 5.50. The zero-order chi connectivity index (χ0) is 15.7. The Hall–Kier alpha value is -1.42. The molecule has 0 saturated carbocycles. The Balaban J connectivity index is 2.57. The van der Waals surface area contributed by atoms with Crippen molar-refractivity contribution < 1.29 is 14.2 Å². The summed E-state index contributed by atoms with van der Waals surface area (Å²) < 4.78 is 16.5. The lowest BCUT2D eigenvalue weighted by atomic mass is 9.78. The summed E-state index contributed by atoms with van der Waals surface area (Å²) in [6.07, 6.45) is 4.30. The van der Waals surface area contributed by atoms with E-state index in [1.54, 1.807) is 14.2 Å². The van der Waals surface area contributed by atoms with Gasteiger partial charge in [-0.2, -0.15) is 0 Å². The second-order valence-corrected chi connectivity index (χ2v) is 5.35. The van der Waals surface area contributed by atoms with Crippen LogP contribution in [0.2, 0.25) is 0 Å². The van der Waals surface area contributed by atoms with Gasteiger partial charge in [0.1, 0.15) is 0 Å². The van der Waals surface area contributed by atoms with Crippen LogP contribution in [0.15, 0.2) is 18.2 Å². The van der Waals surface area contributed by atoms with Gasteiger partial charge in [0.05, 0.1) is 20.8 Å². The summed E-state index contributed by atoms with van der Waals surface area (Å²) >= 11 is 0. The summed E-state index contributed by atoms with van der Waals surface area (Å²) in [5.41, 5.74) is 6.18. The minimum atomic E-state index is 0.252. The number of nitrogens with two attached hydrogens (primary N) is 1. The third-order valence-corrected chi connectivity index (χ3v) is 4.41. The van der Waals surface area contributed by atoms with Gasteiger partial charge in [-0.15, -0.1) is 0 Å². The summed E-state index contributed by atoms with van der Waals surface area (Å²) in [4.78, 5) is 0. The Morgan fingerprint density at radius 3 is 2.24 bits per heavy atom. The van der Waals surface area contributed by atoms with Crippen LogP contribution >= 0.6 is 0 Å². The van der Waals surface area contributed by atoms with Crippen molar-refractivity contribution in [3.63, 3.8) is 0 Å². The molecule has 4 nitrogen and oxygen atoms in total. The molecule has 1 rings (SSSR count). The molecule has 0 saturated heterocycles. The van der Waals surface area contributed by atoms with E-state index in [-0.39, 0.29) is 5.41 Å². The minimum absolute atomic E-state index is 0.252. The fraction of sp³-hybridized carbons (Fsp3) is 0.647. The summed E-state index contributed by atoms with van der Waals surface area (Å²) in [6, 6.07) is 5.66. The largest absolute Gasteiger partial charge is 0.493 e. The topological polar surface area (TPSA) is 53.7 Å². The van der Waals surface area contributed by atoms with Crippen LogP contribution in [0.25, 0.3) is 0 Å². The second kappa shape index (κ2) is 8.78. The first-order valence-electron chi connectivity index (χ1n) is 7.70. The predicted octanol–water partition coefficient (Wildman–Crippen LogP) is 3.63. The number of methoxy groups -OCH3 is 2. The van der Waals surface area contributed by atoms with Crippen LogP contribution in [0.1, 0.15) is 39.5 Å². The fourth-order valence-corrected chi connectivity index (χ4v) is 2.59. The highest BCUT2D eigenvalue weighted by Gasteiger charge is 2.23. The zero-order valence-electron chi connectivity index (χ0n) is 13.8. The van der Waals surface area contributed by atoms with Gasteiger partial charge in [0.2, 0.25) is 5.75 Å². The lowest BCUT2D eigenvalue weighted by Crippen LogP contribution is -2.29. The molecule has 0 fully saturated rings. The summed E-state index contributed by atoms with van der Waals surface area (Å²) in [6.45, 7) is 5.82. The molecular weight excluding hydrogens is 266 g/mol. The Labute approximate surface area is 128 Å². The van der Waals surface area contributed by atoms with Gasteiger partial charge < -0.3 is 19.9 Å². The van der Waals surface area contributed by atoms with E-state index in [2.05, 4.69) is 13.8 Å². The van der Waals surface area contributed by atoms with Crippen molar-refractivity contribution in [1.82, 2.24) is 0 Å². The first-order chi connectivity index (χ1) is 10.2. The van der Waals surface area contributed by atoms with Crippen LogP contribution in [0.5, 0.6) is 17.2 Å². The van der Waals surface area contributed by atoms with Gasteiger partial charge in [-0.05, 0) is 49.8 Å². The van der Waals surface area contributed by atoms with Crippen LogP contribution in [-0.2, 0) is 0 Å². The monoisotopic (exact) mass is 295 g/mol. The SMILES string of the molecule is CCC(CC)(CN)CCCOc1cccc(OC)c1OC. The van der Waals surface area contributed by atoms with Gasteiger partial charge in [0.15, 0.2) is 11.5 Å². The van der Waals surface area contributed by atoms with Crippen molar-refractivity contribution in [1.29, 1.82) is 0 Å². The molecule has 0 atom stereocenters. The van der Waals surface area contributed by atoms with Crippen molar-refractivity contribution >= 4 is 0 Å². The average Bonchev–Trinajstić information content (AvgIpc) is 2.55. The number of hydrogen-bond donors (Lipinski definition) is 1. The van der Waals surface area contributed by atoms with Crippen LogP contribution in [0.4, 0.5) is 0 Å². The molecule has 0 radical (unpaired) electrons. The molecule has 1 aromatic rings. The van der Waals surface area contributed by atoms with Gasteiger partial charge in [0, 0.05) is 0 Å². The normalized spacial score (nSPS) is 11.3. The van der Waals surface area contributed by atoms with E-state index < -0.39 is 0 Å². The van der Waals surface area contributed by atoms with Gasteiger partial charge in [-0.25, -0.2) is 0 Å². The smallest absolute Gasteiger partial charge is 0.203 e. The minimum Gasteiger partial charge on any atom is -0.493 e. The van der Waals surface area contributed by atoms with Gasteiger partial charge >= 0.3 is 0 Å². The van der Waals surface area contributed by atoms with Crippen LogP contribution in [0, 0.1) is 5.41 Å². The molecule has 120 valence electrons. The highest BCUT2D eigenvalue weighted by Crippen LogP contribution is 2.37. The number of rotatable bonds is 10. The molecule has 0 amide bonds. The molecule has 0 heterocycles. The molecule has 4 heteroatoms. The standard InChI is InChI=1S/C17H29NO3/c1-5-17(6-2,13-18)11-8-12-21-15-10-7-9-14(19-3)16(15)20-4/h7,9-10H,5-6,8,11-13,18H2,1-4H3. The first kappa shape index (κ1) is 17.6. The molecular formula is C17H29NO3. The Morgan fingerprint density at radius 2 is 1.71 bits per heavy atom. The van der Waals surface area contributed by atoms with E-state index in [4.69, 9.17) is 19.9 Å². The maximum atomic E-state index is 5.93. The maximum absolute atomic E-state index is 5.93. The van der Waals surface area contributed by atoms with E-state index in [1.807, 2.05) is 18.2 Å². The van der Waals surface area contributed by atoms with E-state index >= 15 is 0 Å². The van der Waals surface area contributed by atoms with Crippen molar-refractivity contribution in [2.75, 3.05) is 27.4 Å². The second-order valence-electron chi connectivity index (χ2n) is 5.35. The quantitative estimate of drug-likeness (QED) is 0.670. The number of hydrogen-bond acceptors (Lipinski definition) is 4. The summed E-state index contributed by atoms with van der Waals surface area (Å²) in [5.74, 6) is 2.06. The van der Waals surface area contributed by atoms with Crippen LogP contribution in [-0.4, -0.2) is 27.4 Å². The molecule has 0 bridgehead atoms. The fourth-order valence-electron chi connectivity index (χ4n) is 2.59. The van der Waals surface area contributed by atoms with E-state index in [1.165, 1.54) is 0 Å². The van der Waals surface area contributed by atoms with Crippen molar-refractivity contribution in [3.05, 3.63) is 18.2 Å². The highest BCUT2D eigenvalue weighted by atomic mass is 16.5. The van der Waals surface area contributed by atoms with Gasteiger partial charge in [0.25, 0.3) is 0 Å². The predicted molar refractivity (Wildman–Crippen MR) is 86.3 cm³/mol. The molecule has 0 aliphatic carbocycles. The summed E-state index contributed by atoms with van der Waals surface area (Å²) in [7, 11) is 3.25. The lowest BCUT2D eigenvalue weighted by molar-refractivity contribution is 0.209. The van der Waals surface area contributed by atoms with Crippen LogP contribution in [0.3, 0.4) is 0 Å². The molecule has 21 heavy (non-hydrogen) atoms. The average molecular weight is 295 g/mol. The molecule has 0 aliphatic rings. The molecule has 0 spiro atoms. The Kier molecular flexibility index (Phi) is 7.37. The maximum Gasteiger partial charge on any atom is 0.203 e. The molecule has 1 aromatic carbocycles. The van der Waals surface area contributed by atoms with E-state index in [0.717, 1.165) is 38.0 Å². The Bertz CT molecular complexity index is 408. The molecule has 0 aliphatic heterocycles. The molecule has 0 unspecified atom stereocenters.